The highest BCUT2D eigenvalue weighted by atomic mass is 32.2. The molecule has 2 N–H and O–H groups in total. The smallest absolute Gasteiger partial charge is 0.185 e. The van der Waals surface area contributed by atoms with Crippen LogP contribution in [0.3, 0.4) is 0 Å². The van der Waals surface area contributed by atoms with Crippen molar-refractivity contribution in [3.8, 4) is 0 Å². The van der Waals surface area contributed by atoms with Crippen molar-refractivity contribution in [2.75, 3.05) is 5.94 Å². The van der Waals surface area contributed by atoms with Gasteiger partial charge in [0.25, 0.3) is 0 Å². The van der Waals surface area contributed by atoms with Crippen molar-refractivity contribution in [1.82, 2.24) is 0 Å². The Hall–Kier alpha value is 0.190. The minimum atomic E-state index is -0.981. The molecular weight excluding hydrogens is 168 g/mol. The molecule has 4 atom stereocenters. The molecule has 0 spiro atoms. The molecule has 64 valence electrons. The number of hydrogen-bond donors (Lipinski definition) is 2. The number of hydrogen-bond acceptors (Lipinski definition) is 5. The van der Waals surface area contributed by atoms with Crippen molar-refractivity contribution in [3.63, 3.8) is 0 Å². The second kappa shape index (κ2) is 2.34. The zero-order valence-electron chi connectivity index (χ0n) is 6.06. The first-order chi connectivity index (χ1) is 5.14. The summed E-state index contributed by atoms with van der Waals surface area (Å²) in [7, 11) is 0. The Kier molecular flexibility index (Phi) is 1.66. The Bertz CT molecular complexity index is 176. The molecule has 0 aromatic rings. The third-order valence-electron chi connectivity index (χ3n) is 2.20. The maximum atomic E-state index is 9.35. The minimum absolute atomic E-state index is 0.387. The van der Waals surface area contributed by atoms with Crippen molar-refractivity contribution < 1.29 is 19.7 Å². The third-order valence-corrected chi connectivity index (χ3v) is 3.51. The Labute approximate surface area is 68.5 Å². The summed E-state index contributed by atoms with van der Waals surface area (Å²) in [5.74, 6) is 0.513. The van der Waals surface area contributed by atoms with Crippen LogP contribution in [0.1, 0.15) is 6.92 Å². The highest BCUT2D eigenvalue weighted by Crippen LogP contribution is 2.46. The predicted octanol–water partition coefficient (Wildman–Crippen LogP) is -0.498. The lowest BCUT2D eigenvalue weighted by Gasteiger charge is -2.21. The van der Waals surface area contributed by atoms with Gasteiger partial charge in [0.15, 0.2) is 12.6 Å². The van der Waals surface area contributed by atoms with E-state index < -0.39 is 17.3 Å². The van der Waals surface area contributed by atoms with Gasteiger partial charge in [-0.2, -0.15) is 0 Å². The first-order valence-electron chi connectivity index (χ1n) is 3.42. The van der Waals surface area contributed by atoms with E-state index in [0.717, 1.165) is 0 Å². The lowest BCUT2D eigenvalue weighted by Crippen LogP contribution is -2.38. The second-order valence-electron chi connectivity index (χ2n) is 2.91. The van der Waals surface area contributed by atoms with Gasteiger partial charge in [-0.05, 0) is 6.92 Å². The quantitative estimate of drug-likeness (QED) is 0.524. The Balaban J connectivity index is 2.25. The van der Waals surface area contributed by atoms with Gasteiger partial charge in [-0.1, -0.05) is 0 Å². The monoisotopic (exact) mass is 178 g/mol. The summed E-state index contributed by atoms with van der Waals surface area (Å²) in [6.07, 6.45) is -2.29. The molecule has 0 aromatic carbocycles. The summed E-state index contributed by atoms with van der Waals surface area (Å²) in [4.78, 5) is 0. The summed E-state index contributed by atoms with van der Waals surface area (Å²) in [6, 6.07) is 0. The van der Waals surface area contributed by atoms with Crippen molar-refractivity contribution >= 4 is 11.8 Å². The summed E-state index contributed by atoms with van der Waals surface area (Å²) in [5, 5.41) is 18.6. The van der Waals surface area contributed by atoms with Crippen LogP contribution in [0, 0.1) is 0 Å². The molecule has 4 unspecified atom stereocenters. The highest BCUT2D eigenvalue weighted by Gasteiger charge is 2.57. The van der Waals surface area contributed by atoms with Crippen LogP contribution in [0.2, 0.25) is 0 Å². The van der Waals surface area contributed by atoms with Gasteiger partial charge in [-0.3, -0.25) is 0 Å². The van der Waals surface area contributed by atoms with E-state index in [-0.39, 0.29) is 6.10 Å². The zero-order valence-corrected chi connectivity index (χ0v) is 6.87. The summed E-state index contributed by atoms with van der Waals surface area (Å²) in [6.45, 7) is 1.83. The van der Waals surface area contributed by atoms with Crippen LogP contribution >= 0.6 is 11.8 Å². The van der Waals surface area contributed by atoms with Crippen LogP contribution in [-0.4, -0.2) is 39.6 Å². The molecule has 2 fully saturated rings. The van der Waals surface area contributed by atoms with Crippen molar-refractivity contribution in [1.29, 1.82) is 0 Å². The van der Waals surface area contributed by atoms with E-state index in [2.05, 4.69) is 0 Å². The van der Waals surface area contributed by atoms with E-state index in [1.54, 1.807) is 0 Å². The average Bonchev–Trinajstić information content (AvgIpc) is 2.39. The maximum absolute atomic E-state index is 9.35. The molecule has 2 aliphatic rings. The van der Waals surface area contributed by atoms with E-state index in [1.807, 2.05) is 6.92 Å². The molecule has 0 aliphatic carbocycles. The van der Waals surface area contributed by atoms with E-state index in [9.17, 15) is 10.2 Å². The molecule has 5 heteroatoms. The lowest BCUT2D eigenvalue weighted by atomic mass is 10.1. The fraction of sp³-hybridized carbons (Fsp3) is 1.00. The Morgan fingerprint density at radius 3 is 2.91 bits per heavy atom. The fourth-order valence-electron chi connectivity index (χ4n) is 1.40. The average molecular weight is 178 g/mol. The van der Waals surface area contributed by atoms with Gasteiger partial charge in [0.05, 0.1) is 10.7 Å². The van der Waals surface area contributed by atoms with Crippen LogP contribution in [0.4, 0.5) is 0 Å². The number of thioether (sulfide) groups is 1. The van der Waals surface area contributed by atoms with E-state index in [0.29, 0.717) is 5.94 Å². The highest BCUT2D eigenvalue weighted by molar-refractivity contribution is 8.00. The largest absolute Gasteiger partial charge is 0.367 e. The lowest BCUT2D eigenvalue weighted by molar-refractivity contribution is -0.181. The SMILES string of the molecule is CC12SCOC1C(O)OC2O. The van der Waals surface area contributed by atoms with Gasteiger partial charge in [-0.25, -0.2) is 0 Å². The van der Waals surface area contributed by atoms with E-state index in [4.69, 9.17) is 9.47 Å². The number of rotatable bonds is 0. The first-order valence-corrected chi connectivity index (χ1v) is 4.40. The number of aliphatic hydroxyl groups excluding tert-OH is 2. The normalized spacial score (nSPS) is 56.5. The summed E-state index contributed by atoms with van der Waals surface area (Å²) < 4.78 is 9.50. The second-order valence-corrected chi connectivity index (χ2v) is 4.32. The van der Waals surface area contributed by atoms with Gasteiger partial charge in [0.2, 0.25) is 0 Å². The van der Waals surface area contributed by atoms with Crippen molar-refractivity contribution in [2.45, 2.75) is 30.4 Å². The summed E-state index contributed by atoms with van der Waals surface area (Å²) >= 11 is 1.47. The zero-order chi connectivity index (χ0) is 8.06. The van der Waals surface area contributed by atoms with Crippen LogP contribution in [0.25, 0.3) is 0 Å². The molecular formula is C6H10O4S. The van der Waals surface area contributed by atoms with Crippen LogP contribution in [-0.2, 0) is 9.47 Å². The molecule has 2 saturated heterocycles. The van der Waals surface area contributed by atoms with Crippen molar-refractivity contribution in [3.05, 3.63) is 0 Å². The first kappa shape index (κ1) is 7.82. The van der Waals surface area contributed by atoms with Crippen LogP contribution < -0.4 is 0 Å². The third kappa shape index (κ3) is 0.925. The fourth-order valence-corrected chi connectivity index (χ4v) is 2.41. The van der Waals surface area contributed by atoms with Crippen LogP contribution in [0.5, 0.6) is 0 Å². The molecule has 2 rings (SSSR count). The minimum Gasteiger partial charge on any atom is -0.367 e. The topological polar surface area (TPSA) is 58.9 Å². The van der Waals surface area contributed by atoms with E-state index in [1.165, 1.54) is 11.8 Å². The number of ether oxygens (including phenoxy) is 2. The van der Waals surface area contributed by atoms with E-state index >= 15 is 0 Å². The van der Waals surface area contributed by atoms with Gasteiger partial charge >= 0.3 is 0 Å². The van der Waals surface area contributed by atoms with Crippen LogP contribution in [0.15, 0.2) is 0 Å². The summed E-state index contributed by atoms with van der Waals surface area (Å²) in [5.41, 5.74) is 0. The number of fused-ring (bicyclic) bond motifs is 1. The van der Waals surface area contributed by atoms with Gasteiger partial charge in [-0.15, -0.1) is 11.8 Å². The van der Waals surface area contributed by atoms with Gasteiger partial charge < -0.3 is 19.7 Å². The Morgan fingerprint density at radius 1 is 1.55 bits per heavy atom. The van der Waals surface area contributed by atoms with Crippen molar-refractivity contribution in [2.24, 2.45) is 0 Å². The molecule has 2 aliphatic heterocycles. The molecule has 0 bridgehead atoms. The standard InChI is InChI=1S/C6H10O4S/c1-6-3(9-2-11-6)4(7)10-5(6)8/h3-5,7-8H,2H2,1H3. The molecule has 0 amide bonds. The van der Waals surface area contributed by atoms with Gasteiger partial charge in [0.1, 0.15) is 6.10 Å². The maximum Gasteiger partial charge on any atom is 0.185 e. The molecule has 11 heavy (non-hydrogen) atoms. The Morgan fingerprint density at radius 2 is 2.27 bits per heavy atom. The molecule has 2 heterocycles. The number of aliphatic hydroxyl groups is 2. The molecule has 0 radical (unpaired) electrons. The molecule has 0 saturated carbocycles. The molecule has 0 aromatic heterocycles. The van der Waals surface area contributed by atoms with Gasteiger partial charge in [0, 0.05) is 0 Å². The molecule has 4 nitrogen and oxygen atoms in total. The predicted molar refractivity (Wildman–Crippen MR) is 38.8 cm³/mol.